The summed E-state index contributed by atoms with van der Waals surface area (Å²) < 4.78 is 5.33. The van der Waals surface area contributed by atoms with Crippen LogP contribution in [0.3, 0.4) is 0 Å². The number of thiol groups is 1. The second-order valence-corrected chi connectivity index (χ2v) is 5.02. The van der Waals surface area contributed by atoms with E-state index in [1.165, 1.54) is 13.0 Å². The van der Waals surface area contributed by atoms with E-state index in [0.717, 1.165) is 18.8 Å². The van der Waals surface area contributed by atoms with Gasteiger partial charge in [0.15, 0.2) is 0 Å². The number of methoxy groups -OCH3 is 1. The molecular weight excluding hydrogens is 182 g/mol. The zero-order valence-electron chi connectivity index (χ0n) is 8.92. The third kappa shape index (κ3) is 3.49. The maximum atomic E-state index is 5.33. The quantitative estimate of drug-likeness (QED) is 0.698. The summed E-state index contributed by atoms with van der Waals surface area (Å²) in [6.07, 6.45) is 1.63. The van der Waals surface area contributed by atoms with Crippen LogP contribution >= 0.6 is 12.6 Å². The average Bonchev–Trinajstić information content (AvgIpc) is 2.52. The summed E-state index contributed by atoms with van der Waals surface area (Å²) >= 11 is 4.36. The van der Waals surface area contributed by atoms with E-state index >= 15 is 0 Å². The SMILES string of the molecule is COC1CCN(CC(C)(C)CS)C1. The Morgan fingerprint density at radius 2 is 2.23 bits per heavy atom. The lowest BCUT2D eigenvalue weighted by molar-refractivity contribution is 0.103. The van der Waals surface area contributed by atoms with Crippen molar-refractivity contribution in [3.05, 3.63) is 0 Å². The fourth-order valence-electron chi connectivity index (χ4n) is 1.79. The topological polar surface area (TPSA) is 12.5 Å². The zero-order valence-corrected chi connectivity index (χ0v) is 9.81. The molecule has 0 amide bonds. The van der Waals surface area contributed by atoms with E-state index in [1.807, 2.05) is 0 Å². The highest BCUT2D eigenvalue weighted by atomic mass is 32.1. The Labute approximate surface area is 87.0 Å². The lowest BCUT2D eigenvalue weighted by atomic mass is 9.96. The second kappa shape index (κ2) is 4.67. The van der Waals surface area contributed by atoms with Crippen molar-refractivity contribution in [2.75, 3.05) is 32.5 Å². The molecule has 0 spiro atoms. The molecule has 1 unspecified atom stereocenters. The van der Waals surface area contributed by atoms with Crippen molar-refractivity contribution in [3.63, 3.8) is 0 Å². The van der Waals surface area contributed by atoms with Crippen LogP contribution in [0.4, 0.5) is 0 Å². The third-order valence-electron chi connectivity index (χ3n) is 2.64. The molecule has 1 heterocycles. The number of rotatable bonds is 4. The molecule has 1 fully saturated rings. The summed E-state index contributed by atoms with van der Waals surface area (Å²) in [5.74, 6) is 0.946. The fraction of sp³-hybridized carbons (Fsp3) is 1.00. The van der Waals surface area contributed by atoms with Gasteiger partial charge in [0.25, 0.3) is 0 Å². The summed E-state index contributed by atoms with van der Waals surface area (Å²) in [5, 5.41) is 0. The zero-order chi connectivity index (χ0) is 9.90. The molecule has 0 N–H and O–H groups in total. The first-order chi connectivity index (χ1) is 6.07. The summed E-state index contributed by atoms with van der Waals surface area (Å²) in [4.78, 5) is 2.48. The normalized spacial score (nSPS) is 25.4. The van der Waals surface area contributed by atoms with E-state index < -0.39 is 0 Å². The monoisotopic (exact) mass is 203 g/mol. The number of ether oxygens (including phenoxy) is 1. The lowest BCUT2D eigenvalue weighted by Gasteiger charge is -2.28. The molecule has 1 saturated heterocycles. The summed E-state index contributed by atoms with van der Waals surface area (Å²) in [5.41, 5.74) is 0.325. The van der Waals surface area contributed by atoms with Crippen LogP contribution in [0.25, 0.3) is 0 Å². The molecule has 0 aromatic rings. The molecular formula is C10H21NOS. The van der Waals surface area contributed by atoms with Gasteiger partial charge >= 0.3 is 0 Å². The number of likely N-dealkylation sites (tertiary alicyclic amines) is 1. The van der Waals surface area contributed by atoms with Gasteiger partial charge in [-0.15, -0.1) is 0 Å². The van der Waals surface area contributed by atoms with Gasteiger partial charge in [0.05, 0.1) is 6.10 Å². The van der Waals surface area contributed by atoms with Gasteiger partial charge in [0, 0.05) is 26.7 Å². The van der Waals surface area contributed by atoms with Crippen molar-refractivity contribution in [2.24, 2.45) is 5.41 Å². The Morgan fingerprint density at radius 1 is 1.54 bits per heavy atom. The van der Waals surface area contributed by atoms with Crippen molar-refractivity contribution < 1.29 is 4.74 Å². The van der Waals surface area contributed by atoms with Gasteiger partial charge in [-0.2, -0.15) is 12.6 Å². The van der Waals surface area contributed by atoms with Crippen molar-refractivity contribution in [3.8, 4) is 0 Å². The summed E-state index contributed by atoms with van der Waals surface area (Å²) in [7, 11) is 1.80. The van der Waals surface area contributed by atoms with Crippen molar-refractivity contribution in [1.82, 2.24) is 4.90 Å². The van der Waals surface area contributed by atoms with Crippen LogP contribution in [-0.2, 0) is 4.74 Å². The standard InChI is InChI=1S/C10H21NOS/c1-10(2,8-13)7-11-5-4-9(6-11)12-3/h9,13H,4-8H2,1-3H3. The molecule has 1 atom stereocenters. The number of hydrogen-bond acceptors (Lipinski definition) is 3. The largest absolute Gasteiger partial charge is 0.380 e. The Morgan fingerprint density at radius 3 is 2.69 bits per heavy atom. The van der Waals surface area contributed by atoms with Gasteiger partial charge in [-0.1, -0.05) is 13.8 Å². The Kier molecular flexibility index (Phi) is 4.07. The number of hydrogen-bond donors (Lipinski definition) is 1. The maximum Gasteiger partial charge on any atom is 0.0710 e. The average molecular weight is 203 g/mol. The first-order valence-corrected chi connectivity index (χ1v) is 5.56. The van der Waals surface area contributed by atoms with Gasteiger partial charge in [0.1, 0.15) is 0 Å². The van der Waals surface area contributed by atoms with Gasteiger partial charge in [-0.05, 0) is 17.6 Å². The van der Waals surface area contributed by atoms with Gasteiger partial charge in [-0.3, -0.25) is 0 Å². The molecule has 13 heavy (non-hydrogen) atoms. The van der Waals surface area contributed by atoms with Crippen LogP contribution in [0.2, 0.25) is 0 Å². The first kappa shape index (κ1) is 11.3. The minimum absolute atomic E-state index is 0.325. The summed E-state index contributed by atoms with van der Waals surface area (Å²) in [6, 6.07) is 0. The highest BCUT2D eigenvalue weighted by molar-refractivity contribution is 7.80. The lowest BCUT2D eigenvalue weighted by Crippen LogP contribution is -2.34. The smallest absolute Gasteiger partial charge is 0.0710 e. The first-order valence-electron chi connectivity index (χ1n) is 4.93. The molecule has 1 aliphatic rings. The van der Waals surface area contributed by atoms with Crippen molar-refractivity contribution in [1.29, 1.82) is 0 Å². The Hall–Kier alpha value is 0.270. The van der Waals surface area contributed by atoms with Gasteiger partial charge in [-0.25, -0.2) is 0 Å². The molecule has 0 saturated carbocycles. The van der Waals surface area contributed by atoms with Crippen LogP contribution in [0.15, 0.2) is 0 Å². The van der Waals surface area contributed by atoms with Crippen LogP contribution in [0, 0.1) is 5.41 Å². The molecule has 0 aliphatic carbocycles. The molecule has 0 aromatic heterocycles. The van der Waals surface area contributed by atoms with Gasteiger partial charge in [0.2, 0.25) is 0 Å². The van der Waals surface area contributed by atoms with Crippen molar-refractivity contribution >= 4 is 12.6 Å². The molecule has 3 heteroatoms. The molecule has 1 rings (SSSR count). The molecule has 2 nitrogen and oxygen atoms in total. The van der Waals surface area contributed by atoms with Crippen LogP contribution in [-0.4, -0.2) is 43.5 Å². The van der Waals surface area contributed by atoms with E-state index in [4.69, 9.17) is 4.74 Å². The third-order valence-corrected chi connectivity index (χ3v) is 3.50. The van der Waals surface area contributed by atoms with Crippen molar-refractivity contribution in [2.45, 2.75) is 26.4 Å². The molecule has 78 valence electrons. The van der Waals surface area contributed by atoms with Gasteiger partial charge < -0.3 is 9.64 Å². The highest BCUT2D eigenvalue weighted by Crippen LogP contribution is 2.22. The van der Waals surface area contributed by atoms with Crippen LogP contribution in [0.1, 0.15) is 20.3 Å². The minimum Gasteiger partial charge on any atom is -0.380 e. The predicted molar refractivity (Wildman–Crippen MR) is 59.5 cm³/mol. The van der Waals surface area contributed by atoms with E-state index in [9.17, 15) is 0 Å². The molecule has 1 aliphatic heterocycles. The van der Waals surface area contributed by atoms with E-state index in [0.29, 0.717) is 11.5 Å². The highest BCUT2D eigenvalue weighted by Gasteiger charge is 2.27. The summed E-state index contributed by atoms with van der Waals surface area (Å²) in [6.45, 7) is 7.93. The van der Waals surface area contributed by atoms with Crippen LogP contribution < -0.4 is 0 Å². The van der Waals surface area contributed by atoms with Crippen LogP contribution in [0.5, 0.6) is 0 Å². The predicted octanol–water partition coefficient (Wildman–Crippen LogP) is 1.66. The number of nitrogens with zero attached hydrogens (tertiary/aromatic N) is 1. The molecule has 0 aromatic carbocycles. The molecule has 0 bridgehead atoms. The Balaban J connectivity index is 2.31. The fourth-order valence-corrected chi connectivity index (χ4v) is 1.89. The van der Waals surface area contributed by atoms with E-state index in [-0.39, 0.29) is 0 Å². The Bertz CT molecular complexity index is 161. The van der Waals surface area contributed by atoms with E-state index in [2.05, 4.69) is 31.4 Å². The second-order valence-electron chi connectivity index (χ2n) is 4.70. The molecule has 0 radical (unpaired) electrons. The minimum atomic E-state index is 0.325. The van der Waals surface area contributed by atoms with E-state index in [1.54, 1.807) is 7.11 Å². The maximum absolute atomic E-state index is 5.33.